The van der Waals surface area contributed by atoms with Crippen LogP contribution in [0.15, 0.2) is 24.4 Å². The minimum absolute atomic E-state index is 0.0682. The molecule has 1 aromatic heterocycles. The van der Waals surface area contributed by atoms with E-state index in [2.05, 4.69) is 0 Å². The fourth-order valence-electron chi connectivity index (χ4n) is 3.09. The molecule has 0 saturated heterocycles. The molecule has 0 spiro atoms. The number of fused-ring (bicyclic) bond motifs is 1. The van der Waals surface area contributed by atoms with Gasteiger partial charge in [0.1, 0.15) is 0 Å². The molecule has 0 amide bonds. The average Bonchev–Trinajstić information content (AvgIpc) is 2.90. The Balaban J connectivity index is 2.07. The molecule has 0 aliphatic heterocycles. The number of aromatic carboxylic acids is 1. The van der Waals surface area contributed by atoms with E-state index < -0.39 is 11.9 Å². The van der Waals surface area contributed by atoms with E-state index in [4.69, 9.17) is 5.11 Å². The Morgan fingerprint density at radius 2 is 2.20 bits per heavy atom. The molecule has 3 rings (SSSR count). The summed E-state index contributed by atoms with van der Waals surface area (Å²) < 4.78 is 28.6. The standard InChI is InChI=1S/C15H15F2NO2/c1-18-8-12(10-4-5-15(16,17)7-10)11-3-2-9(14(19)20)6-13(11)18/h2-3,6,8,10H,4-5,7H2,1H3,(H,19,20). The van der Waals surface area contributed by atoms with Crippen molar-refractivity contribution in [2.24, 2.45) is 7.05 Å². The second-order valence-electron chi connectivity index (χ2n) is 5.53. The number of carboxylic acids is 1. The second kappa shape index (κ2) is 4.30. The van der Waals surface area contributed by atoms with Gasteiger partial charge in [-0.25, -0.2) is 13.6 Å². The molecule has 5 heteroatoms. The molecule has 3 nitrogen and oxygen atoms in total. The van der Waals surface area contributed by atoms with Gasteiger partial charge in [-0.15, -0.1) is 0 Å². The summed E-state index contributed by atoms with van der Waals surface area (Å²) in [5.74, 6) is -3.71. The molecule has 1 unspecified atom stereocenters. The summed E-state index contributed by atoms with van der Waals surface area (Å²) in [6, 6.07) is 4.85. The summed E-state index contributed by atoms with van der Waals surface area (Å²) in [6.45, 7) is 0. The van der Waals surface area contributed by atoms with Crippen molar-refractivity contribution in [3.05, 3.63) is 35.5 Å². The van der Waals surface area contributed by atoms with Crippen LogP contribution in [0.25, 0.3) is 10.9 Å². The van der Waals surface area contributed by atoms with Gasteiger partial charge in [-0.1, -0.05) is 6.07 Å². The Kier molecular flexibility index (Phi) is 2.81. The molecule has 0 radical (unpaired) electrons. The van der Waals surface area contributed by atoms with Gasteiger partial charge in [0.05, 0.1) is 5.56 Å². The summed E-state index contributed by atoms with van der Waals surface area (Å²) >= 11 is 0. The molecule has 106 valence electrons. The zero-order valence-corrected chi connectivity index (χ0v) is 11.1. The van der Waals surface area contributed by atoms with Gasteiger partial charge in [0.25, 0.3) is 0 Å². The Labute approximate surface area is 114 Å². The lowest BCUT2D eigenvalue weighted by molar-refractivity contribution is 0.00779. The maximum atomic E-state index is 13.4. The Morgan fingerprint density at radius 3 is 2.80 bits per heavy atom. The van der Waals surface area contributed by atoms with E-state index in [1.807, 2.05) is 17.8 Å². The molecule has 0 bridgehead atoms. The quantitative estimate of drug-likeness (QED) is 0.909. The van der Waals surface area contributed by atoms with Gasteiger partial charge in [0.2, 0.25) is 5.92 Å². The van der Waals surface area contributed by atoms with Crippen LogP contribution in [0.4, 0.5) is 8.78 Å². The van der Waals surface area contributed by atoms with Crippen molar-refractivity contribution in [1.29, 1.82) is 0 Å². The lowest BCUT2D eigenvalue weighted by atomic mass is 9.96. The summed E-state index contributed by atoms with van der Waals surface area (Å²) in [4.78, 5) is 11.0. The van der Waals surface area contributed by atoms with E-state index in [0.717, 1.165) is 16.5 Å². The topological polar surface area (TPSA) is 42.2 Å². The van der Waals surface area contributed by atoms with E-state index in [0.29, 0.717) is 6.42 Å². The molecule has 1 aliphatic rings. The van der Waals surface area contributed by atoms with Crippen LogP contribution in [-0.2, 0) is 7.05 Å². The number of aryl methyl sites for hydroxylation is 1. The predicted molar refractivity (Wildman–Crippen MR) is 71.4 cm³/mol. The highest BCUT2D eigenvalue weighted by molar-refractivity contribution is 5.94. The fourth-order valence-corrected chi connectivity index (χ4v) is 3.09. The monoisotopic (exact) mass is 279 g/mol. The highest BCUT2D eigenvalue weighted by atomic mass is 19.3. The third-order valence-electron chi connectivity index (χ3n) is 4.11. The average molecular weight is 279 g/mol. The number of halogens is 2. The van der Waals surface area contributed by atoms with Crippen molar-refractivity contribution >= 4 is 16.9 Å². The van der Waals surface area contributed by atoms with Crippen LogP contribution in [0.5, 0.6) is 0 Å². The van der Waals surface area contributed by atoms with Crippen molar-refractivity contribution < 1.29 is 18.7 Å². The van der Waals surface area contributed by atoms with Crippen LogP contribution >= 0.6 is 0 Å². The first-order chi connectivity index (χ1) is 9.37. The first kappa shape index (κ1) is 13.1. The van der Waals surface area contributed by atoms with Crippen LogP contribution < -0.4 is 0 Å². The van der Waals surface area contributed by atoms with Crippen molar-refractivity contribution in [2.45, 2.75) is 31.1 Å². The van der Waals surface area contributed by atoms with E-state index in [1.165, 1.54) is 6.07 Å². The summed E-state index contributed by atoms with van der Waals surface area (Å²) in [5, 5.41) is 9.89. The molecule has 20 heavy (non-hydrogen) atoms. The van der Waals surface area contributed by atoms with Gasteiger partial charge >= 0.3 is 5.97 Å². The molecular formula is C15H15F2NO2. The zero-order valence-electron chi connectivity index (χ0n) is 11.1. The van der Waals surface area contributed by atoms with Crippen LogP contribution in [0, 0.1) is 0 Å². The van der Waals surface area contributed by atoms with Gasteiger partial charge in [0, 0.05) is 37.0 Å². The van der Waals surface area contributed by atoms with Gasteiger partial charge in [0.15, 0.2) is 0 Å². The van der Waals surface area contributed by atoms with E-state index in [9.17, 15) is 13.6 Å². The number of nitrogens with zero attached hydrogens (tertiary/aromatic N) is 1. The summed E-state index contributed by atoms with van der Waals surface area (Å²) in [7, 11) is 1.81. The van der Waals surface area contributed by atoms with Gasteiger partial charge < -0.3 is 9.67 Å². The minimum atomic E-state index is -2.58. The second-order valence-corrected chi connectivity index (χ2v) is 5.53. The summed E-state index contributed by atoms with van der Waals surface area (Å²) in [5.41, 5.74) is 1.88. The first-order valence-corrected chi connectivity index (χ1v) is 6.57. The molecule has 1 N–H and O–H groups in total. The molecule has 1 aliphatic carbocycles. The van der Waals surface area contributed by atoms with Gasteiger partial charge in [-0.2, -0.15) is 0 Å². The van der Waals surface area contributed by atoms with Crippen molar-refractivity contribution in [2.75, 3.05) is 0 Å². The molecule has 1 atom stereocenters. The maximum absolute atomic E-state index is 13.4. The van der Waals surface area contributed by atoms with E-state index in [-0.39, 0.29) is 24.3 Å². The minimum Gasteiger partial charge on any atom is -0.478 e. The van der Waals surface area contributed by atoms with Crippen molar-refractivity contribution in [1.82, 2.24) is 4.57 Å². The SMILES string of the molecule is Cn1cc(C2CCC(F)(F)C2)c2ccc(C(=O)O)cc21. The third-order valence-corrected chi connectivity index (χ3v) is 4.11. The smallest absolute Gasteiger partial charge is 0.335 e. The number of carbonyl (C=O) groups is 1. The number of alkyl halides is 2. The number of benzene rings is 1. The Bertz CT molecular complexity index is 690. The number of carboxylic acid groups (broad SMARTS) is 1. The van der Waals surface area contributed by atoms with E-state index >= 15 is 0 Å². The van der Waals surface area contributed by atoms with Gasteiger partial charge in [-0.05, 0) is 30.0 Å². The van der Waals surface area contributed by atoms with Crippen LogP contribution in [0.2, 0.25) is 0 Å². The molecular weight excluding hydrogens is 264 g/mol. The third kappa shape index (κ3) is 2.07. The van der Waals surface area contributed by atoms with Crippen molar-refractivity contribution in [3.63, 3.8) is 0 Å². The molecule has 1 heterocycles. The first-order valence-electron chi connectivity index (χ1n) is 6.57. The number of aromatic nitrogens is 1. The maximum Gasteiger partial charge on any atom is 0.335 e. The van der Waals surface area contributed by atoms with Gasteiger partial charge in [-0.3, -0.25) is 0 Å². The van der Waals surface area contributed by atoms with Crippen LogP contribution in [0.3, 0.4) is 0 Å². The van der Waals surface area contributed by atoms with E-state index in [1.54, 1.807) is 12.1 Å². The number of hydrogen-bond donors (Lipinski definition) is 1. The van der Waals surface area contributed by atoms with Crippen LogP contribution in [-0.4, -0.2) is 21.6 Å². The molecule has 1 aromatic carbocycles. The highest BCUT2D eigenvalue weighted by Gasteiger charge is 2.40. The largest absolute Gasteiger partial charge is 0.478 e. The molecule has 1 saturated carbocycles. The lowest BCUT2D eigenvalue weighted by Crippen LogP contribution is -2.09. The normalized spacial score (nSPS) is 21.4. The highest BCUT2D eigenvalue weighted by Crippen LogP contribution is 2.46. The predicted octanol–water partition coefficient (Wildman–Crippen LogP) is 3.78. The molecule has 1 fully saturated rings. The van der Waals surface area contributed by atoms with Crippen LogP contribution in [0.1, 0.15) is 41.1 Å². The summed E-state index contributed by atoms with van der Waals surface area (Å²) in [6.07, 6.45) is 2.14. The lowest BCUT2D eigenvalue weighted by Gasteiger charge is -2.09. The number of rotatable bonds is 2. The zero-order chi connectivity index (χ0) is 14.5. The Hall–Kier alpha value is -1.91. The Morgan fingerprint density at radius 1 is 1.45 bits per heavy atom. The number of hydrogen-bond acceptors (Lipinski definition) is 1. The van der Waals surface area contributed by atoms with Crippen molar-refractivity contribution in [3.8, 4) is 0 Å². The fraction of sp³-hybridized carbons (Fsp3) is 0.400. The molecule has 2 aromatic rings.